The molecule has 0 saturated heterocycles. The maximum atomic E-state index is 13.8. The summed E-state index contributed by atoms with van der Waals surface area (Å²) >= 11 is 17.5. The summed E-state index contributed by atoms with van der Waals surface area (Å²) in [7, 11) is 0. The minimum absolute atomic E-state index is 0.0435. The van der Waals surface area contributed by atoms with Gasteiger partial charge in [-0.3, -0.25) is 9.59 Å². The van der Waals surface area contributed by atoms with E-state index in [2.05, 4.69) is 5.32 Å². The van der Waals surface area contributed by atoms with E-state index >= 15 is 0 Å². The Morgan fingerprint density at radius 3 is 2.05 bits per heavy atom. The quantitative estimate of drug-likeness (QED) is 0.213. The molecular formula is C27H26Cl3F6NO2. The summed E-state index contributed by atoms with van der Waals surface area (Å²) in [4.78, 5) is 24.7. The number of ketones is 1. The van der Waals surface area contributed by atoms with Crippen LogP contribution in [-0.2, 0) is 11.0 Å². The van der Waals surface area contributed by atoms with E-state index < -0.39 is 41.3 Å². The SMILES string of the molecule is CC(C)CCC(=O)C[C@@H](C)NC(=O)c1ccc(/C=C/C(c2cc(Cl)c(Cl)c(Cl)c2)C(F)(F)F)cc1C(F)(F)F. The normalized spacial score (nSPS) is 14.1. The van der Waals surface area contributed by atoms with Gasteiger partial charge in [-0.05, 0) is 54.7 Å². The first-order chi connectivity index (χ1) is 17.9. The highest BCUT2D eigenvalue weighted by Crippen LogP contribution is 2.41. The molecule has 0 heterocycles. The van der Waals surface area contributed by atoms with Crippen molar-refractivity contribution < 1.29 is 35.9 Å². The van der Waals surface area contributed by atoms with Gasteiger partial charge in [0.25, 0.3) is 5.91 Å². The molecule has 39 heavy (non-hydrogen) atoms. The topological polar surface area (TPSA) is 46.2 Å². The Morgan fingerprint density at radius 1 is 0.949 bits per heavy atom. The van der Waals surface area contributed by atoms with Crippen LogP contribution in [0.1, 0.15) is 73.0 Å². The lowest BCUT2D eigenvalue weighted by Gasteiger charge is -2.19. The highest BCUT2D eigenvalue weighted by molar-refractivity contribution is 6.48. The van der Waals surface area contributed by atoms with Crippen LogP contribution in [0.15, 0.2) is 36.4 Å². The van der Waals surface area contributed by atoms with Gasteiger partial charge >= 0.3 is 12.4 Å². The molecule has 1 unspecified atom stereocenters. The molecule has 2 atom stereocenters. The molecule has 0 fully saturated rings. The van der Waals surface area contributed by atoms with Crippen LogP contribution >= 0.6 is 34.8 Å². The lowest BCUT2D eigenvalue weighted by atomic mass is 9.96. The molecule has 0 spiro atoms. The summed E-state index contributed by atoms with van der Waals surface area (Å²) in [6.07, 6.45) is -7.38. The fourth-order valence-electron chi connectivity index (χ4n) is 3.72. The predicted octanol–water partition coefficient (Wildman–Crippen LogP) is 9.54. The van der Waals surface area contributed by atoms with Crippen LogP contribution < -0.4 is 5.32 Å². The number of carbonyl (C=O) groups excluding carboxylic acids is 2. The third kappa shape index (κ3) is 9.72. The first-order valence-corrected chi connectivity index (χ1v) is 13.0. The van der Waals surface area contributed by atoms with Gasteiger partial charge < -0.3 is 5.32 Å². The Kier molecular flexibility index (Phi) is 11.3. The average Bonchev–Trinajstić information content (AvgIpc) is 2.79. The second-order valence-electron chi connectivity index (χ2n) is 9.53. The minimum atomic E-state index is -4.98. The van der Waals surface area contributed by atoms with Gasteiger partial charge in [0.05, 0.1) is 32.1 Å². The van der Waals surface area contributed by atoms with Gasteiger partial charge in [-0.15, -0.1) is 0 Å². The van der Waals surface area contributed by atoms with E-state index in [1.54, 1.807) is 0 Å². The number of hydrogen-bond donors (Lipinski definition) is 1. The number of alkyl halides is 6. The third-order valence-corrected chi connectivity index (χ3v) is 6.90. The summed E-state index contributed by atoms with van der Waals surface area (Å²) in [6.45, 7) is 5.40. The number of Topliss-reactive ketones (excluding diaryl/α,β-unsaturated/α-hetero) is 1. The molecule has 2 aromatic carbocycles. The zero-order valence-electron chi connectivity index (χ0n) is 21.1. The Balaban J connectivity index is 2.33. The molecule has 2 aromatic rings. The summed E-state index contributed by atoms with van der Waals surface area (Å²) in [6, 6.07) is 3.78. The summed E-state index contributed by atoms with van der Waals surface area (Å²) in [5.74, 6) is -3.14. The van der Waals surface area contributed by atoms with Gasteiger partial charge in [-0.2, -0.15) is 26.3 Å². The number of hydrogen-bond acceptors (Lipinski definition) is 2. The monoisotopic (exact) mass is 615 g/mol. The molecule has 3 nitrogen and oxygen atoms in total. The second-order valence-corrected chi connectivity index (χ2v) is 10.7. The van der Waals surface area contributed by atoms with Gasteiger partial charge in [-0.1, -0.05) is 66.9 Å². The molecule has 12 heteroatoms. The van der Waals surface area contributed by atoms with Crippen LogP contribution in [0.4, 0.5) is 26.3 Å². The third-order valence-electron chi connectivity index (χ3n) is 5.70. The van der Waals surface area contributed by atoms with Crippen molar-refractivity contribution >= 4 is 52.6 Å². The Hall–Kier alpha value is -2.23. The van der Waals surface area contributed by atoms with Crippen molar-refractivity contribution in [2.24, 2.45) is 5.92 Å². The Bertz CT molecular complexity index is 1200. The fraction of sp³-hybridized carbons (Fsp3) is 0.407. The van der Waals surface area contributed by atoms with Crippen LogP contribution in [-0.4, -0.2) is 23.9 Å². The first kappa shape index (κ1) is 33.0. The number of benzene rings is 2. The Labute approximate surface area is 237 Å². The second kappa shape index (κ2) is 13.4. The van der Waals surface area contributed by atoms with Gasteiger partial charge in [0.1, 0.15) is 5.78 Å². The van der Waals surface area contributed by atoms with E-state index in [0.29, 0.717) is 30.9 Å². The van der Waals surface area contributed by atoms with E-state index in [1.165, 1.54) is 6.92 Å². The average molecular weight is 617 g/mol. The van der Waals surface area contributed by atoms with E-state index in [4.69, 9.17) is 34.8 Å². The Morgan fingerprint density at radius 2 is 1.54 bits per heavy atom. The molecule has 0 aliphatic rings. The fourth-order valence-corrected chi connectivity index (χ4v) is 4.33. The molecule has 2 rings (SSSR count). The molecule has 0 saturated carbocycles. The highest BCUT2D eigenvalue weighted by atomic mass is 35.5. The molecule has 0 radical (unpaired) electrons. The first-order valence-electron chi connectivity index (χ1n) is 11.8. The predicted molar refractivity (Wildman–Crippen MR) is 141 cm³/mol. The lowest BCUT2D eigenvalue weighted by Crippen LogP contribution is -2.35. The molecule has 0 aliphatic heterocycles. The molecule has 1 amide bonds. The van der Waals surface area contributed by atoms with Gasteiger partial charge in [0.15, 0.2) is 0 Å². The molecule has 1 N–H and O–H groups in total. The number of carbonyl (C=O) groups is 2. The summed E-state index contributed by atoms with van der Waals surface area (Å²) in [5, 5.41) is 1.83. The number of halogens is 9. The number of rotatable bonds is 10. The van der Waals surface area contributed by atoms with Crippen molar-refractivity contribution in [1.29, 1.82) is 0 Å². The lowest BCUT2D eigenvalue weighted by molar-refractivity contribution is -0.139. The molecule has 0 aromatic heterocycles. The number of nitrogens with one attached hydrogen (secondary N) is 1. The molecular weight excluding hydrogens is 591 g/mol. The van der Waals surface area contributed by atoms with Crippen molar-refractivity contribution in [1.82, 2.24) is 5.32 Å². The molecule has 0 aliphatic carbocycles. The van der Waals surface area contributed by atoms with E-state index in [9.17, 15) is 35.9 Å². The van der Waals surface area contributed by atoms with E-state index in [1.807, 2.05) is 13.8 Å². The van der Waals surface area contributed by atoms with E-state index in [0.717, 1.165) is 30.3 Å². The van der Waals surface area contributed by atoms with Crippen molar-refractivity contribution in [2.45, 2.75) is 64.3 Å². The van der Waals surface area contributed by atoms with Gasteiger partial charge in [-0.25, -0.2) is 0 Å². The van der Waals surface area contributed by atoms with E-state index in [-0.39, 0.29) is 38.4 Å². The minimum Gasteiger partial charge on any atom is -0.349 e. The highest BCUT2D eigenvalue weighted by Gasteiger charge is 2.40. The van der Waals surface area contributed by atoms with Crippen molar-refractivity contribution in [2.75, 3.05) is 0 Å². The number of amides is 1. The smallest absolute Gasteiger partial charge is 0.349 e. The largest absolute Gasteiger partial charge is 0.417 e. The molecule has 0 bridgehead atoms. The van der Waals surface area contributed by atoms with Crippen LogP contribution in [0.2, 0.25) is 15.1 Å². The molecule has 214 valence electrons. The van der Waals surface area contributed by atoms with Crippen LogP contribution in [0, 0.1) is 5.92 Å². The van der Waals surface area contributed by atoms with Gasteiger partial charge in [0.2, 0.25) is 0 Å². The van der Waals surface area contributed by atoms with Crippen molar-refractivity contribution in [3.63, 3.8) is 0 Å². The zero-order chi connectivity index (χ0) is 29.7. The van der Waals surface area contributed by atoms with Crippen molar-refractivity contribution in [3.8, 4) is 0 Å². The summed E-state index contributed by atoms with van der Waals surface area (Å²) in [5.41, 5.74) is -2.63. The number of allylic oxidation sites excluding steroid dienone is 1. The van der Waals surface area contributed by atoms with Crippen molar-refractivity contribution in [3.05, 3.63) is 73.7 Å². The summed E-state index contributed by atoms with van der Waals surface area (Å²) < 4.78 is 82.8. The maximum absolute atomic E-state index is 13.8. The van der Waals surface area contributed by atoms with Crippen LogP contribution in [0.3, 0.4) is 0 Å². The maximum Gasteiger partial charge on any atom is 0.417 e. The standard InChI is InChI=1S/C27H26Cl3F6NO2/c1-14(2)4-7-18(38)10-15(3)37-25(39)19-8-5-16(11-21(19)27(34,35)36)6-9-20(26(31,32)33)17-12-22(28)24(30)23(29)13-17/h5-6,8-9,11-15,20H,4,7,10H2,1-3H3,(H,37,39)/b9-6+/t15-,20?/m1/s1. The van der Waals surface area contributed by atoms with Gasteiger partial charge in [0, 0.05) is 18.9 Å². The zero-order valence-corrected chi connectivity index (χ0v) is 23.4. The van der Waals surface area contributed by atoms with Crippen LogP contribution in [0.5, 0.6) is 0 Å². The van der Waals surface area contributed by atoms with Crippen LogP contribution in [0.25, 0.3) is 6.08 Å².